The molecule has 0 saturated heterocycles. The van der Waals surface area contributed by atoms with Gasteiger partial charge in [0.2, 0.25) is 0 Å². The van der Waals surface area contributed by atoms with Crippen molar-refractivity contribution in [3.8, 4) is 0 Å². The highest BCUT2D eigenvalue weighted by molar-refractivity contribution is 5.98. The molecule has 1 heterocycles. The second kappa shape index (κ2) is 6.01. The summed E-state index contributed by atoms with van der Waals surface area (Å²) in [7, 11) is 0. The van der Waals surface area contributed by atoms with Crippen LogP contribution in [0.5, 0.6) is 0 Å². The number of nitrogens with zero attached hydrogens (tertiary/aromatic N) is 1. The van der Waals surface area contributed by atoms with Crippen LogP contribution in [0.2, 0.25) is 0 Å². The number of aryl methyl sites for hydroxylation is 1. The number of carbonyl (C=O) groups is 1. The molecule has 0 spiro atoms. The average Bonchev–Trinajstić information content (AvgIpc) is 2.73. The molecule has 0 amide bonds. The van der Waals surface area contributed by atoms with Gasteiger partial charge in [-0.1, -0.05) is 13.3 Å². The van der Waals surface area contributed by atoms with E-state index in [1.54, 1.807) is 0 Å². The first-order valence-corrected chi connectivity index (χ1v) is 6.61. The number of ether oxygens (including phenoxy) is 1. The summed E-state index contributed by atoms with van der Waals surface area (Å²) in [5.41, 5.74) is 2.15. The average molecular weight is 235 g/mol. The van der Waals surface area contributed by atoms with E-state index in [1.807, 2.05) is 6.20 Å². The minimum absolute atomic E-state index is 0.303. The number of ketones is 1. The van der Waals surface area contributed by atoms with Gasteiger partial charge in [-0.3, -0.25) is 4.79 Å². The van der Waals surface area contributed by atoms with E-state index in [0.717, 1.165) is 44.6 Å². The summed E-state index contributed by atoms with van der Waals surface area (Å²) in [4.78, 5) is 11.7. The monoisotopic (exact) mass is 235 g/mol. The Bertz CT molecular complexity index is 382. The Morgan fingerprint density at radius 1 is 1.29 bits per heavy atom. The van der Waals surface area contributed by atoms with Crippen molar-refractivity contribution in [2.75, 3.05) is 13.2 Å². The molecule has 0 fully saturated rings. The first-order valence-electron chi connectivity index (χ1n) is 6.61. The molecule has 0 bridgehead atoms. The number of rotatable bonds is 6. The van der Waals surface area contributed by atoms with Crippen molar-refractivity contribution in [3.63, 3.8) is 0 Å². The molecule has 94 valence electrons. The molecule has 0 aromatic carbocycles. The van der Waals surface area contributed by atoms with E-state index < -0.39 is 0 Å². The fraction of sp³-hybridized carbons (Fsp3) is 0.643. The van der Waals surface area contributed by atoms with Crippen LogP contribution in [-0.4, -0.2) is 23.6 Å². The van der Waals surface area contributed by atoms with Crippen LogP contribution in [0.15, 0.2) is 12.4 Å². The van der Waals surface area contributed by atoms with Gasteiger partial charge in [0.1, 0.15) is 0 Å². The third-order valence-electron chi connectivity index (χ3n) is 3.25. The number of hydrogen-bond acceptors (Lipinski definition) is 2. The molecule has 3 heteroatoms. The quantitative estimate of drug-likeness (QED) is 0.710. The SMILES string of the molecule is CCCCOCCn1cc2c(c1)C(=O)CCC2. The number of hydrogen-bond donors (Lipinski definition) is 0. The third kappa shape index (κ3) is 3.19. The smallest absolute Gasteiger partial charge is 0.164 e. The summed E-state index contributed by atoms with van der Waals surface area (Å²) >= 11 is 0. The molecule has 1 aliphatic carbocycles. The molecule has 1 aromatic heterocycles. The molecule has 1 aliphatic rings. The molecule has 1 aromatic rings. The highest BCUT2D eigenvalue weighted by Crippen LogP contribution is 2.21. The predicted molar refractivity (Wildman–Crippen MR) is 67.4 cm³/mol. The van der Waals surface area contributed by atoms with Crippen molar-refractivity contribution in [2.24, 2.45) is 0 Å². The minimum atomic E-state index is 0.303. The highest BCUT2D eigenvalue weighted by Gasteiger charge is 2.18. The third-order valence-corrected chi connectivity index (χ3v) is 3.25. The zero-order valence-electron chi connectivity index (χ0n) is 10.6. The summed E-state index contributed by atoms with van der Waals surface area (Å²) in [5, 5.41) is 0. The topological polar surface area (TPSA) is 31.2 Å². The van der Waals surface area contributed by atoms with E-state index >= 15 is 0 Å². The molecule has 0 atom stereocenters. The maximum absolute atomic E-state index is 11.7. The van der Waals surface area contributed by atoms with E-state index in [9.17, 15) is 4.79 Å². The van der Waals surface area contributed by atoms with E-state index in [-0.39, 0.29) is 0 Å². The zero-order chi connectivity index (χ0) is 12.1. The normalized spacial score (nSPS) is 15.0. The standard InChI is InChI=1S/C14H21NO2/c1-2-3-8-17-9-7-15-10-12-5-4-6-14(16)13(12)11-15/h10-11H,2-9H2,1H3. The van der Waals surface area contributed by atoms with Crippen LogP contribution >= 0.6 is 0 Å². The summed E-state index contributed by atoms with van der Waals surface area (Å²) < 4.78 is 7.63. The molecular weight excluding hydrogens is 214 g/mol. The van der Waals surface area contributed by atoms with Gasteiger partial charge in [0.15, 0.2) is 5.78 Å². The lowest BCUT2D eigenvalue weighted by Gasteiger charge is -2.07. The first-order chi connectivity index (χ1) is 8.31. The summed E-state index contributed by atoms with van der Waals surface area (Å²) in [5.74, 6) is 0.303. The summed E-state index contributed by atoms with van der Waals surface area (Å²) in [6.45, 7) is 4.59. The van der Waals surface area contributed by atoms with Crippen LogP contribution in [0, 0.1) is 0 Å². The van der Waals surface area contributed by atoms with Gasteiger partial charge in [-0.05, 0) is 24.8 Å². The summed E-state index contributed by atoms with van der Waals surface area (Å²) in [6, 6.07) is 0. The second-order valence-corrected chi connectivity index (χ2v) is 4.68. The lowest BCUT2D eigenvalue weighted by atomic mass is 9.95. The van der Waals surface area contributed by atoms with Crippen molar-refractivity contribution in [1.82, 2.24) is 4.57 Å². The fourth-order valence-corrected chi connectivity index (χ4v) is 2.23. The van der Waals surface area contributed by atoms with Crippen molar-refractivity contribution in [2.45, 2.75) is 45.6 Å². The lowest BCUT2D eigenvalue weighted by molar-refractivity contribution is 0.0972. The van der Waals surface area contributed by atoms with Crippen LogP contribution in [0.1, 0.15) is 48.5 Å². The van der Waals surface area contributed by atoms with Crippen LogP contribution in [0.3, 0.4) is 0 Å². The highest BCUT2D eigenvalue weighted by atomic mass is 16.5. The molecule has 0 saturated carbocycles. The number of carbonyl (C=O) groups excluding carboxylic acids is 1. The Hall–Kier alpha value is -1.09. The molecule has 2 rings (SSSR count). The number of fused-ring (bicyclic) bond motifs is 1. The Balaban J connectivity index is 1.83. The van der Waals surface area contributed by atoms with Crippen LogP contribution in [0.4, 0.5) is 0 Å². The van der Waals surface area contributed by atoms with Gasteiger partial charge in [-0.15, -0.1) is 0 Å². The van der Waals surface area contributed by atoms with Gasteiger partial charge in [0.05, 0.1) is 6.61 Å². The van der Waals surface area contributed by atoms with Gasteiger partial charge in [0, 0.05) is 37.5 Å². The van der Waals surface area contributed by atoms with E-state index in [2.05, 4.69) is 17.7 Å². The van der Waals surface area contributed by atoms with E-state index in [4.69, 9.17) is 4.74 Å². The lowest BCUT2D eigenvalue weighted by Crippen LogP contribution is -2.07. The van der Waals surface area contributed by atoms with Crippen LogP contribution < -0.4 is 0 Å². The number of unbranched alkanes of at least 4 members (excludes halogenated alkanes) is 1. The Morgan fingerprint density at radius 2 is 2.18 bits per heavy atom. The maximum Gasteiger partial charge on any atom is 0.164 e. The van der Waals surface area contributed by atoms with Crippen molar-refractivity contribution in [1.29, 1.82) is 0 Å². The van der Waals surface area contributed by atoms with Gasteiger partial charge in [-0.25, -0.2) is 0 Å². The van der Waals surface area contributed by atoms with E-state index in [0.29, 0.717) is 12.2 Å². The zero-order valence-corrected chi connectivity index (χ0v) is 10.6. The fourth-order valence-electron chi connectivity index (χ4n) is 2.23. The minimum Gasteiger partial charge on any atom is -0.380 e. The van der Waals surface area contributed by atoms with Gasteiger partial charge >= 0.3 is 0 Å². The molecule has 3 nitrogen and oxygen atoms in total. The van der Waals surface area contributed by atoms with Crippen molar-refractivity contribution < 1.29 is 9.53 Å². The molecule has 0 radical (unpaired) electrons. The molecular formula is C14H21NO2. The largest absolute Gasteiger partial charge is 0.380 e. The molecule has 17 heavy (non-hydrogen) atoms. The van der Waals surface area contributed by atoms with Gasteiger partial charge in [0.25, 0.3) is 0 Å². The summed E-state index contributed by atoms with van der Waals surface area (Å²) in [6.07, 6.45) is 9.15. The van der Waals surface area contributed by atoms with Gasteiger partial charge < -0.3 is 9.30 Å². The molecule has 0 N–H and O–H groups in total. The first kappa shape index (κ1) is 12.4. The van der Waals surface area contributed by atoms with Crippen molar-refractivity contribution in [3.05, 3.63) is 23.5 Å². The van der Waals surface area contributed by atoms with Gasteiger partial charge in [-0.2, -0.15) is 0 Å². The van der Waals surface area contributed by atoms with Crippen LogP contribution in [-0.2, 0) is 17.7 Å². The Labute approximate surface area is 103 Å². The predicted octanol–water partition coefficient (Wildman–Crippen LogP) is 2.82. The molecule has 0 aliphatic heterocycles. The number of aromatic nitrogens is 1. The molecule has 0 unspecified atom stereocenters. The Morgan fingerprint density at radius 3 is 2.94 bits per heavy atom. The van der Waals surface area contributed by atoms with Crippen LogP contribution in [0.25, 0.3) is 0 Å². The van der Waals surface area contributed by atoms with Crippen molar-refractivity contribution >= 4 is 5.78 Å². The number of Topliss-reactive ketones (excluding diaryl/α,β-unsaturated/α-hetero) is 1. The maximum atomic E-state index is 11.7. The second-order valence-electron chi connectivity index (χ2n) is 4.68. The Kier molecular flexibility index (Phi) is 4.37. The van der Waals surface area contributed by atoms with E-state index in [1.165, 1.54) is 12.0 Å².